The number of nitrogens with one attached hydrogen (secondary N) is 1. The Balaban J connectivity index is 1.49. The largest absolute Gasteiger partial charge is 0.480 e. The zero-order chi connectivity index (χ0) is 19.9. The third kappa shape index (κ3) is 5.94. The van der Waals surface area contributed by atoms with Crippen LogP contribution in [0.3, 0.4) is 0 Å². The van der Waals surface area contributed by atoms with Gasteiger partial charge in [0.25, 0.3) is 0 Å². The van der Waals surface area contributed by atoms with Crippen molar-refractivity contribution in [2.75, 3.05) is 39.8 Å². The number of benzene rings is 1. The van der Waals surface area contributed by atoms with Gasteiger partial charge >= 0.3 is 12.0 Å². The maximum atomic E-state index is 12.8. The van der Waals surface area contributed by atoms with Crippen LogP contribution in [-0.2, 0) is 9.53 Å². The van der Waals surface area contributed by atoms with Crippen molar-refractivity contribution in [1.82, 2.24) is 15.1 Å². The number of carbonyl (C=O) groups is 2. The molecule has 1 saturated heterocycles. The summed E-state index contributed by atoms with van der Waals surface area (Å²) in [6.07, 6.45) is 4.13. The standard InChI is InChI=1S/C21H31N3O4/c1-23(15-20(25)26)13-19-14-24(10-11-28-19)21(27)22-18-9-5-8-17(12-18)16-6-3-2-4-7-16/h2-4,6-7,17-19H,5,8-15H2,1H3,(H,22,27)(H,25,26). The molecule has 0 radical (unpaired) electrons. The fourth-order valence-electron chi connectivity index (χ4n) is 4.27. The predicted molar refractivity (Wildman–Crippen MR) is 106 cm³/mol. The van der Waals surface area contributed by atoms with Gasteiger partial charge in [0.1, 0.15) is 0 Å². The van der Waals surface area contributed by atoms with Crippen LogP contribution in [0.2, 0.25) is 0 Å². The number of ether oxygens (including phenoxy) is 1. The molecule has 0 aromatic heterocycles. The van der Waals surface area contributed by atoms with Crippen molar-refractivity contribution < 1.29 is 19.4 Å². The molecule has 0 bridgehead atoms. The van der Waals surface area contributed by atoms with Crippen LogP contribution >= 0.6 is 0 Å². The summed E-state index contributed by atoms with van der Waals surface area (Å²) in [5, 5.41) is 12.1. The predicted octanol–water partition coefficient (Wildman–Crippen LogP) is 2.14. The highest BCUT2D eigenvalue weighted by Gasteiger charge is 2.29. The number of likely N-dealkylation sites (N-methyl/N-ethyl adjacent to an activating group) is 1. The molecule has 1 aromatic rings. The van der Waals surface area contributed by atoms with Gasteiger partial charge < -0.3 is 20.1 Å². The van der Waals surface area contributed by atoms with Gasteiger partial charge in [0.2, 0.25) is 0 Å². The number of aliphatic carboxylic acids is 1. The van der Waals surface area contributed by atoms with Crippen LogP contribution < -0.4 is 5.32 Å². The summed E-state index contributed by atoms with van der Waals surface area (Å²) in [7, 11) is 1.75. The summed E-state index contributed by atoms with van der Waals surface area (Å²) >= 11 is 0. The van der Waals surface area contributed by atoms with E-state index >= 15 is 0 Å². The van der Waals surface area contributed by atoms with Crippen molar-refractivity contribution >= 4 is 12.0 Å². The molecular weight excluding hydrogens is 358 g/mol. The molecule has 2 aliphatic rings. The van der Waals surface area contributed by atoms with Gasteiger partial charge in [-0.05, 0) is 37.8 Å². The van der Waals surface area contributed by atoms with Gasteiger partial charge in [-0.1, -0.05) is 36.8 Å². The SMILES string of the molecule is CN(CC(=O)O)CC1CN(C(=O)NC2CCCC(c3ccccc3)C2)CCO1. The molecule has 2 N–H and O–H groups in total. The smallest absolute Gasteiger partial charge is 0.317 e. The van der Waals surface area contributed by atoms with E-state index in [-0.39, 0.29) is 24.7 Å². The fourth-order valence-corrected chi connectivity index (χ4v) is 4.27. The van der Waals surface area contributed by atoms with Crippen LogP contribution in [0, 0.1) is 0 Å². The minimum absolute atomic E-state index is 0.0327. The van der Waals surface area contributed by atoms with Crippen molar-refractivity contribution in [3.05, 3.63) is 35.9 Å². The van der Waals surface area contributed by atoms with Crippen LogP contribution in [0.4, 0.5) is 4.79 Å². The molecule has 7 heteroatoms. The molecule has 7 nitrogen and oxygen atoms in total. The number of carbonyl (C=O) groups excluding carboxylic acids is 1. The van der Waals surface area contributed by atoms with Gasteiger partial charge in [-0.3, -0.25) is 9.69 Å². The Morgan fingerprint density at radius 3 is 2.82 bits per heavy atom. The number of hydrogen-bond donors (Lipinski definition) is 2. The first-order valence-electron chi connectivity index (χ1n) is 10.1. The van der Waals surface area contributed by atoms with Crippen LogP contribution in [0.1, 0.15) is 37.2 Å². The first-order chi connectivity index (χ1) is 13.5. The Bertz CT molecular complexity index is 654. The molecule has 3 atom stereocenters. The number of carboxylic acids is 1. The quantitative estimate of drug-likeness (QED) is 0.779. The first kappa shape index (κ1) is 20.6. The van der Waals surface area contributed by atoms with Gasteiger partial charge in [0, 0.05) is 25.7 Å². The summed E-state index contributed by atoms with van der Waals surface area (Å²) in [5.74, 6) is -0.361. The minimum atomic E-state index is -0.863. The molecule has 0 spiro atoms. The zero-order valence-corrected chi connectivity index (χ0v) is 16.5. The van der Waals surface area contributed by atoms with Crippen LogP contribution in [0.25, 0.3) is 0 Å². The Morgan fingerprint density at radius 2 is 2.07 bits per heavy atom. The summed E-state index contributed by atoms with van der Waals surface area (Å²) in [6.45, 7) is 2.01. The van der Waals surface area contributed by atoms with Crippen molar-refractivity contribution in [3.8, 4) is 0 Å². The number of carboxylic acid groups (broad SMARTS) is 1. The lowest BCUT2D eigenvalue weighted by molar-refractivity contribution is -0.138. The molecule has 1 aliphatic heterocycles. The van der Waals surface area contributed by atoms with E-state index in [0.717, 1.165) is 19.3 Å². The average molecular weight is 389 g/mol. The number of amides is 2. The van der Waals surface area contributed by atoms with Crippen molar-refractivity contribution in [2.24, 2.45) is 0 Å². The molecule has 2 amide bonds. The highest BCUT2D eigenvalue weighted by molar-refractivity contribution is 5.74. The van der Waals surface area contributed by atoms with E-state index in [1.54, 1.807) is 16.8 Å². The van der Waals surface area contributed by atoms with E-state index in [2.05, 4.69) is 29.6 Å². The topological polar surface area (TPSA) is 82.1 Å². The number of rotatable bonds is 6. The molecule has 28 heavy (non-hydrogen) atoms. The van der Waals surface area contributed by atoms with Crippen LogP contribution in [0.15, 0.2) is 30.3 Å². The van der Waals surface area contributed by atoms with Gasteiger partial charge in [-0.25, -0.2) is 4.79 Å². The lowest BCUT2D eigenvalue weighted by Crippen LogP contribution is -2.54. The Hall–Kier alpha value is -2.12. The van der Waals surface area contributed by atoms with Gasteiger partial charge in [-0.15, -0.1) is 0 Å². The second-order valence-corrected chi connectivity index (χ2v) is 7.95. The fraction of sp³-hybridized carbons (Fsp3) is 0.619. The average Bonchev–Trinajstić information content (AvgIpc) is 2.68. The lowest BCUT2D eigenvalue weighted by Gasteiger charge is -2.36. The summed E-state index contributed by atoms with van der Waals surface area (Å²) in [5.41, 5.74) is 1.36. The first-order valence-corrected chi connectivity index (χ1v) is 10.1. The molecule has 3 unspecified atom stereocenters. The van der Waals surface area contributed by atoms with Crippen molar-refractivity contribution in [2.45, 2.75) is 43.7 Å². The van der Waals surface area contributed by atoms with E-state index in [0.29, 0.717) is 32.2 Å². The molecular formula is C21H31N3O4. The zero-order valence-electron chi connectivity index (χ0n) is 16.5. The number of nitrogens with zero attached hydrogens (tertiary/aromatic N) is 2. The summed E-state index contributed by atoms with van der Waals surface area (Å²) in [6, 6.07) is 10.7. The van der Waals surface area contributed by atoms with Gasteiger partial charge in [0.15, 0.2) is 0 Å². The molecule has 2 fully saturated rings. The second kappa shape index (κ2) is 9.89. The molecule has 1 aliphatic carbocycles. The molecule has 1 saturated carbocycles. The molecule has 154 valence electrons. The molecule has 3 rings (SSSR count). The lowest BCUT2D eigenvalue weighted by atomic mass is 9.81. The van der Waals surface area contributed by atoms with Gasteiger partial charge in [0.05, 0.1) is 19.3 Å². The molecule has 1 aromatic carbocycles. The third-order valence-corrected chi connectivity index (χ3v) is 5.62. The van der Waals surface area contributed by atoms with E-state index in [4.69, 9.17) is 9.84 Å². The van der Waals surface area contributed by atoms with Gasteiger partial charge in [-0.2, -0.15) is 0 Å². The van der Waals surface area contributed by atoms with Crippen molar-refractivity contribution in [3.63, 3.8) is 0 Å². The van der Waals surface area contributed by atoms with Crippen LogP contribution in [0.5, 0.6) is 0 Å². The van der Waals surface area contributed by atoms with E-state index in [9.17, 15) is 9.59 Å². The van der Waals surface area contributed by atoms with E-state index in [1.807, 2.05) is 6.07 Å². The van der Waals surface area contributed by atoms with Crippen molar-refractivity contribution in [1.29, 1.82) is 0 Å². The number of urea groups is 1. The number of hydrogen-bond acceptors (Lipinski definition) is 4. The van der Waals surface area contributed by atoms with E-state index in [1.165, 1.54) is 12.0 Å². The summed E-state index contributed by atoms with van der Waals surface area (Å²) in [4.78, 5) is 27.1. The maximum Gasteiger partial charge on any atom is 0.317 e. The summed E-state index contributed by atoms with van der Waals surface area (Å²) < 4.78 is 5.72. The highest BCUT2D eigenvalue weighted by atomic mass is 16.5. The maximum absolute atomic E-state index is 12.8. The highest BCUT2D eigenvalue weighted by Crippen LogP contribution is 2.32. The monoisotopic (exact) mass is 389 g/mol. The number of morpholine rings is 1. The van der Waals surface area contributed by atoms with Crippen LogP contribution in [-0.4, -0.2) is 78.9 Å². The normalized spacial score (nSPS) is 25.5. The Kier molecular flexibility index (Phi) is 7.28. The minimum Gasteiger partial charge on any atom is -0.480 e. The van der Waals surface area contributed by atoms with E-state index < -0.39 is 5.97 Å². The Morgan fingerprint density at radius 1 is 1.29 bits per heavy atom. The third-order valence-electron chi connectivity index (χ3n) is 5.62. The Labute approximate surface area is 166 Å². The second-order valence-electron chi connectivity index (χ2n) is 7.95. The molecule has 1 heterocycles.